The van der Waals surface area contributed by atoms with Crippen molar-refractivity contribution in [2.24, 2.45) is 17.4 Å². The molecule has 0 saturated heterocycles. The molecule has 0 aliphatic heterocycles. The number of hydrogen-bond acceptors (Lipinski definition) is 8. The number of nitrogens with two attached hydrogens (primary N) is 2. The molecule has 0 heterocycles. The number of nitrogens with one attached hydrogen (secondary N) is 3. The zero-order valence-corrected chi connectivity index (χ0v) is 17.1. The van der Waals surface area contributed by atoms with E-state index in [-0.39, 0.29) is 12.8 Å². The van der Waals surface area contributed by atoms with Crippen molar-refractivity contribution >= 4 is 29.6 Å². The van der Waals surface area contributed by atoms with Gasteiger partial charge in [-0.05, 0) is 19.3 Å². The summed E-state index contributed by atoms with van der Waals surface area (Å²) in [6, 6.07) is -5.47. The molecule has 0 saturated carbocycles. The zero-order valence-electron chi connectivity index (χ0n) is 17.1. The van der Waals surface area contributed by atoms with Crippen LogP contribution in [0.3, 0.4) is 0 Å². The van der Waals surface area contributed by atoms with Crippen LogP contribution in [0.5, 0.6) is 0 Å². The topological polar surface area (TPSA) is 234 Å². The average Bonchev–Trinajstić information content (AvgIpc) is 2.65. The largest absolute Gasteiger partial charge is 0.480 e. The summed E-state index contributed by atoms with van der Waals surface area (Å²) in [5.74, 6) is -5.28. The summed E-state index contributed by atoms with van der Waals surface area (Å²) in [6.07, 6.45) is -1.74. The normalized spacial score (nSPS) is 16.0. The van der Waals surface area contributed by atoms with Gasteiger partial charge in [-0.1, -0.05) is 13.8 Å². The van der Waals surface area contributed by atoms with Gasteiger partial charge in [0.1, 0.15) is 24.2 Å². The first-order valence-corrected chi connectivity index (χ1v) is 9.28. The van der Waals surface area contributed by atoms with Crippen molar-refractivity contribution in [3.05, 3.63) is 0 Å². The predicted octanol–water partition coefficient (Wildman–Crippen LogP) is -3.85. The van der Waals surface area contributed by atoms with Crippen LogP contribution in [-0.2, 0) is 24.0 Å². The van der Waals surface area contributed by atoms with Crippen LogP contribution in [0.4, 0.5) is 0 Å². The van der Waals surface area contributed by atoms with Crippen LogP contribution in [0, 0.1) is 5.92 Å². The van der Waals surface area contributed by atoms with Crippen molar-refractivity contribution in [3.8, 4) is 0 Å². The van der Waals surface area contributed by atoms with Crippen LogP contribution >= 0.6 is 0 Å². The fourth-order valence-electron chi connectivity index (χ4n) is 2.28. The van der Waals surface area contributed by atoms with Gasteiger partial charge >= 0.3 is 5.97 Å². The highest BCUT2D eigenvalue weighted by Crippen LogP contribution is 2.04. The van der Waals surface area contributed by atoms with Gasteiger partial charge in [-0.15, -0.1) is 0 Å². The van der Waals surface area contributed by atoms with Gasteiger partial charge in [0.05, 0.1) is 12.7 Å². The van der Waals surface area contributed by atoms with Crippen molar-refractivity contribution < 1.29 is 39.3 Å². The average molecular weight is 433 g/mol. The van der Waals surface area contributed by atoms with E-state index in [0.717, 1.165) is 0 Å². The summed E-state index contributed by atoms with van der Waals surface area (Å²) in [7, 11) is 0. The zero-order chi connectivity index (χ0) is 23.6. The number of carboxylic acids is 1. The quantitative estimate of drug-likeness (QED) is 0.142. The standard InChI is InChI=1S/C17H31N5O8/c1-7(2)13(17(29)30)22-15(27)10(6-23)21-14(26)9(4-5-11(18)25)20-16(28)12(19)8(3)24/h7-10,12-13,23-24H,4-6,19H2,1-3H3,(H2,18,25)(H,20,28)(H,21,26)(H,22,27)(H,29,30). The molecule has 0 aliphatic carbocycles. The highest BCUT2D eigenvalue weighted by molar-refractivity contribution is 5.94. The number of carboxylic acid groups (broad SMARTS) is 1. The molecular weight excluding hydrogens is 402 g/mol. The van der Waals surface area contributed by atoms with Crippen LogP contribution in [0.15, 0.2) is 0 Å². The number of amides is 4. The Hall–Kier alpha value is -2.77. The molecule has 0 radical (unpaired) electrons. The van der Waals surface area contributed by atoms with Crippen molar-refractivity contribution in [3.63, 3.8) is 0 Å². The lowest BCUT2D eigenvalue weighted by molar-refractivity contribution is -0.143. The molecule has 0 aromatic rings. The molecule has 172 valence electrons. The van der Waals surface area contributed by atoms with Gasteiger partial charge < -0.3 is 42.7 Å². The fraction of sp³-hybridized carbons (Fsp3) is 0.706. The molecule has 13 nitrogen and oxygen atoms in total. The second-order valence-electron chi connectivity index (χ2n) is 7.14. The van der Waals surface area contributed by atoms with E-state index in [9.17, 15) is 34.2 Å². The van der Waals surface area contributed by atoms with E-state index in [1.807, 2.05) is 0 Å². The van der Waals surface area contributed by atoms with E-state index < -0.39 is 72.4 Å². The fourth-order valence-corrected chi connectivity index (χ4v) is 2.28. The van der Waals surface area contributed by atoms with Gasteiger partial charge in [0.25, 0.3) is 0 Å². The molecule has 0 fully saturated rings. The summed E-state index contributed by atoms with van der Waals surface area (Å²) in [5, 5.41) is 34.6. The summed E-state index contributed by atoms with van der Waals surface area (Å²) in [4.78, 5) is 59.1. The Kier molecular flexibility index (Phi) is 11.5. The van der Waals surface area contributed by atoms with Crippen LogP contribution in [-0.4, -0.2) is 81.8 Å². The second-order valence-corrected chi connectivity index (χ2v) is 7.14. The first-order chi connectivity index (χ1) is 13.8. The maximum Gasteiger partial charge on any atom is 0.326 e. The van der Waals surface area contributed by atoms with E-state index in [4.69, 9.17) is 16.6 Å². The number of aliphatic hydroxyl groups is 2. The lowest BCUT2D eigenvalue weighted by atomic mass is 10.0. The van der Waals surface area contributed by atoms with Crippen molar-refractivity contribution in [1.82, 2.24) is 16.0 Å². The monoisotopic (exact) mass is 433 g/mol. The van der Waals surface area contributed by atoms with Crippen LogP contribution in [0.25, 0.3) is 0 Å². The first kappa shape index (κ1) is 27.2. The third kappa shape index (κ3) is 9.15. The van der Waals surface area contributed by atoms with Crippen LogP contribution < -0.4 is 27.4 Å². The number of hydrogen-bond donors (Lipinski definition) is 8. The highest BCUT2D eigenvalue weighted by atomic mass is 16.4. The van der Waals surface area contributed by atoms with Crippen molar-refractivity contribution in [2.45, 2.75) is 63.9 Å². The minimum atomic E-state index is -1.52. The van der Waals surface area contributed by atoms with Crippen molar-refractivity contribution in [2.75, 3.05) is 6.61 Å². The number of carbonyl (C=O) groups excluding carboxylic acids is 4. The van der Waals surface area contributed by atoms with Gasteiger partial charge in [-0.2, -0.15) is 0 Å². The highest BCUT2D eigenvalue weighted by Gasteiger charge is 2.31. The Bertz CT molecular complexity index is 640. The third-order valence-corrected chi connectivity index (χ3v) is 4.18. The Morgan fingerprint density at radius 3 is 1.80 bits per heavy atom. The number of aliphatic carboxylic acids is 1. The first-order valence-electron chi connectivity index (χ1n) is 9.28. The third-order valence-electron chi connectivity index (χ3n) is 4.18. The maximum absolute atomic E-state index is 12.5. The predicted molar refractivity (Wildman–Crippen MR) is 103 cm³/mol. The molecule has 0 rings (SSSR count). The molecule has 0 bridgehead atoms. The molecule has 0 spiro atoms. The van der Waals surface area contributed by atoms with Crippen molar-refractivity contribution in [1.29, 1.82) is 0 Å². The smallest absolute Gasteiger partial charge is 0.326 e. The molecule has 5 atom stereocenters. The molecule has 0 aromatic carbocycles. The minimum absolute atomic E-state index is 0.233. The van der Waals surface area contributed by atoms with E-state index in [1.165, 1.54) is 6.92 Å². The lowest BCUT2D eigenvalue weighted by Crippen LogP contribution is -2.59. The molecule has 10 N–H and O–H groups in total. The molecular formula is C17H31N5O8. The Balaban J connectivity index is 5.30. The van der Waals surface area contributed by atoms with E-state index in [2.05, 4.69) is 16.0 Å². The Labute approximate surface area is 173 Å². The van der Waals surface area contributed by atoms with Crippen LogP contribution in [0.2, 0.25) is 0 Å². The number of rotatable bonds is 13. The molecule has 5 unspecified atom stereocenters. The number of primary amides is 1. The second kappa shape index (κ2) is 12.7. The minimum Gasteiger partial charge on any atom is -0.480 e. The summed E-state index contributed by atoms with van der Waals surface area (Å²) in [5.41, 5.74) is 10.6. The maximum atomic E-state index is 12.5. The molecule has 0 aliphatic rings. The Morgan fingerprint density at radius 2 is 1.40 bits per heavy atom. The SMILES string of the molecule is CC(C)C(NC(=O)C(CO)NC(=O)C(CCC(N)=O)NC(=O)C(N)C(C)O)C(=O)O. The van der Waals surface area contributed by atoms with E-state index in [0.29, 0.717) is 0 Å². The van der Waals surface area contributed by atoms with Crippen LogP contribution in [0.1, 0.15) is 33.6 Å². The summed E-state index contributed by atoms with van der Waals surface area (Å²) >= 11 is 0. The molecule has 4 amide bonds. The number of carbonyl (C=O) groups is 5. The van der Waals surface area contributed by atoms with Gasteiger partial charge in [-0.3, -0.25) is 19.2 Å². The summed E-state index contributed by atoms with van der Waals surface area (Å²) in [6.45, 7) is 3.53. The molecule has 0 aromatic heterocycles. The van der Waals surface area contributed by atoms with Gasteiger partial charge in [0, 0.05) is 6.42 Å². The van der Waals surface area contributed by atoms with Gasteiger partial charge in [-0.25, -0.2) is 4.79 Å². The lowest BCUT2D eigenvalue weighted by Gasteiger charge is -2.25. The Morgan fingerprint density at radius 1 is 0.900 bits per heavy atom. The van der Waals surface area contributed by atoms with E-state index >= 15 is 0 Å². The molecule has 13 heteroatoms. The van der Waals surface area contributed by atoms with Gasteiger partial charge in [0.15, 0.2) is 0 Å². The molecule has 30 heavy (non-hydrogen) atoms. The van der Waals surface area contributed by atoms with E-state index in [1.54, 1.807) is 13.8 Å². The van der Waals surface area contributed by atoms with Gasteiger partial charge in [0.2, 0.25) is 23.6 Å². The number of aliphatic hydroxyl groups excluding tert-OH is 2. The summed E-state index contributed by atoms with van der Waals surface area (Å²) < 4.78 is 0.